The van der Waals surface area contributed by atoms with Crippen molar-refractivity contribution in [2.24, 2.45) is 5.73 Å². The predicted molar refractivity (Wildman–Crippen MR) is 71.1 cm³/mol. The summed E-state index contributed by atoms with van der Waals surface area (Å²) in [6, 6.07) is 2.48. The molecule has 0 amide bonds. The van der Waals surface area contributed by atoms with Crippen molar-refractivity contribution >= 4 is 0 Å². The molecule has 0 saturated heterocycles. The summed E-state index contributed by atoms with van der Waals surface area (Å²) in [6.07, 6.45) is 2.25. The van der Waals surface area contributed by atoms with E-state index in [0.29, 0.717) is 12.6 Å². The first-order valence-corrected chi connectivity index (χ1v) is 6.62. The molecule has 18 heavy (non-hydrogen) atoms. The minimum atomic E-state index is 0.423. The lowest BCUT2D eigenvalue weighted by molar-refractivity contribution is 0.102. The predicted octanol–water partition coefficient (Wildman–Crippen LogP) is 1.77. The van der Waals surface area contributed by atoms with Gasteiger partial charge in [-0.3, -0.25) is 4.90 Å². The van der Waals surface area contributed by atoms with Crippen molar-refractivity contribution in [2.75, 3.05) is 20.3 Å². The second-order valence-electron chi connectivity index (χ2n) is 4.42. The van der Waals surface area contributed by atoms with Gasteiger partial charge < -0.3 is 15.0 Å². The van der Waals surface area contributed by atoms with Crippen molar-refractivity contribution in [3.05, 3.63) is 17.5 Å². The summed E-state index contributed by atoms with van der Waals surface area (Å²) in [7, 11) is 1.73. The van der Waals surface area contributed by atoms with Gasteiger partial charge in [-0.1, -0.05) is 19.0 Å². The van der Waals surface area contributed by atoms with Gasteiger partial charge in [-0.15, -0.1) is 0 Å². The van der Waals surface area contributed by atoms with Crippen molar-refractivity contribution in [3.8, 4) is 0 Å². The average molecular weight is 255 g/mol. The number of rotatable bonds is 9. The van der Waals surface area contributed by atoms with Crippen LogP contribution in [0.2, 0.25) is 0 Å². The first-order chi connectivity index (χ1) is 8.74. The minimum Gasteiger partial charge on any atom is -0.383 e. The van der Waals surface area contributed by atoms with Gasteiger partial charge in [-0.25, -0.2) is 0 Å². The molecule has 5 heteroatoms. The molecule has 0 atom stereocenters. The third-order valence-electron chi connectivity index (χ3n) is 3.22. The topological polar surface area (TPSA) is 64.5 Å². The van der Waals surface area contributed by atoms with Gasteiger partial charge in [0.25, 0.3) is 0 Å². The molecular formula is C13H25N3O2. The highest BCUT2D eigenvalue weighted by molar-refractivity contribution is 5.04. The van der Waals surface area contributed by atoms with Gasteiger partial charge in [0.2, 0.25) is 0 Å². The van der Waals surface area contributed by atoms with Crippen LogP contribution in [0.4, 0.5) is 0 Å². The Kier molecular flexibility index (Phi) is 6.93. The van der Waals surface area contributed by atoms with Gasteiger partial charge in [0.05, 0.1) is 18.8 Å². The fourth-order valence-electron chi connectivity index (χ4n) is 2.13. The smallest absolute Gasteiger partial charge is 0.151 e. The summed E-state index contributed by atoms with van der Waals surface area (Å²) >= 11 is 0. The number of nitrogens with zero attached hydrogens (tertiary/aromatic N) is 2. The Morgan fingerprint density at radius 3 is 2.67 bits per heavy atom. The Balaban J connectivity index is 2.64. The van der Waals surface area contributed by atoms with Gasteiger partial charge in [-0.2, -0.15) is 0 Å². The van der Waals surface area contributed by atoms with Crippen LogP contribution in [-0.4, -0.2) is 36.4 Å². The van der Waals surface area contributed by atoms with Gasteiger partial charge in [0.1, 0.15) is 0 Å². The molecule has 0 aromatic carbocycles. The second-order valence-corrected chi connectivity index (χ2v) is 4.42. The summed E-state index contributed by atoms with van der Waals surface area (Å²) in [5, 5.41) is 3.92. The average Bonchev–Trinajstić information content (AvgIpc) is 2.84. The van der Waals surface area contributed by atoms with Gasteiger partial charge in [-0.05, 0) is 12.8 Å². The quantitative estimate of drug-likeness (QED) is 0.728. The Morgan fingerprint density at radius 1 is 1.44 bits per heavy atom. The van der Waals surface area contributed by atoms with Crippen molar-refractivity contribution in [1.82, 2.24) is 10.1 Å². The van der Waals surface area contributed by atoms with Crippen molar-refractivity contribution in [2.45, 2.75) is 45.8 Å². The standard InChI is InChI=1S/C13H25N3O2/c1-4-12(5-2)16(6-7-17-3)10-13-8-11(9-14)15-18-13/h8,12H,4-7,9-10,14H2,1-3H3. The third kappa shape index (κ3) is 4.40. The Morgan fingerprint density at radius 2 is 2.17 bits per heavy atom. The Bertz CT molecular complexity index is 324. The van der Waals surface area contributed by atoms with E-state index in [4.69, 9.17) is 15.0 Å². The molecule has 0 bridgehead atoms. The molecule has 0 unspecified atom stereocenters. The van der Waals surface area contributed by atoms with Crippen LogP contribution in [-0.2, 0) is 17.8 Å². The van der Waals surface area contributed by atoms with Gasteiger partial charge in [0, 0.05) is 32.3 Å². The van der Waals surface area contributed by atoms with Crippen LogP contribution >= 0.6 is 0 Å². The minimum absolute atomic E-state index is 0.423. The normalized spacial score (nSPS) is 11.7. The van der Waals surface area contributed by atoms with Crippen LogP contribution in [0.3, 0.4) is 0 Å². The third-order valence-corrected chi connectivity index (χ3v) is 3.22. The van der Waals surface area contributed by atoms with Crippen molar-refractivity contribution in [3.63, 3.8) is 0 Å². The molecule has 1 aromatic heterocycles. The fraction of sp³-hybridized carbons (Fsp3) is 0.769. The number of hydrogen-bond donors (Lipinski definition) is 1. The molecular weight excluding hydrogens is 230 g/mol. The van der Waals surface area contributed by atoms with E-state index in [1.54, 1.807) is 7.11 Å². The Hall–Kier alpha value is -0.910. The summed E-state index contributed by atoms with van der Waals surface area (Å²) in [5.41, 5.74) is 6.34. The second kappa shape index (κ2) is 8.24. The summed E-state index contributed by atoms with van der Waals surface area (Å²) in [4.78, 5) is 2.38. The van der Waals surface area contributed by atoms with E-state index < -0.39 is 0 Å². The molecule has 0 aliphatic heterocycles. The van der Waals surface area contributed by atoms with Crippen LogP contribution in [0.15, 0.2) is 10.6 Å². The van der Waals surface area contributed by atoms with Crippen LogP contribution in [0.1, 0.15) is 38.1 Å². The zero-order valence-corrected chi connectivity index (χ0v) is 11.7. The van der Waals surface area contributed by atoms with Crippen LogP contribution in [0, 0.1) is 0 Å². The molecule has 0 radical (unpaired) electrons. The molecule has 1 heterocycles. The van der Waals surface area contributed by atoms with E-state index in [0.717, 1.165) is 44.0 Å². The largest absolute Gasteiger partial charge is 0.383 e. The lowest BCUT2D eigenvalue weighted by Gasteiger charge is -2.29. The zero-order chi connectivity index (χ0) is 13.4. The zero-order valence-electron chi connectivity index (χ0n) is 11.7. The number of hydrogen-bond acceptors (Lipinski definition) is 5. The molecule has 1 rings (SSSR count). The maximum absolute atomic E-state index is 5.53. The molecule has 0 saturated carbocycles. The van der Waals surface area contributed by atoms with E-state index in [1.165, 1.54) is 0 Å². The highest BCUT2D eigenvalue weighted by Gasteiger charge is 2.17. The number of methoxy groups -OCH3 is 1. The van der Waals surface area contributed by atoms with Gasteiger partial charge >= 0.3 is 0 Å². The van der Waals surface area contributed by atoms with Crippen LogP contribution in [0.5, 0.6) is 0 Å². The SMILES string of the molecule is CCC(CC)N(CCOC)Cc1cc(CN)no1. The molecule has 104 valence electrons. The molecule has 5 nitrogen and oxygen atoms in total. The number of nitrogens with two attached hydrogens (primary N) is 1. The summed E-state index contributed by atoms with van der Waals surface area (Å²) in [6.45, 7) is 7.24. The van der Waals surface area contributed by atoms with E-state index >= 15 is 0 Å². The van der Waals surface area contributed by atoms with E-state index in [1.807, 2.05) is 6.07 Å². The van der Waals surface area contributed by atoms with E-state index in [9.17, 15) is 0 Å². The van der Waals surface area contributed by atoms with E-state index in [-0.39, 0.29) is 0 Å². The Labute approximate surface area is 109 Å². The monoisotopic (exact) mass is 255 g/mol. The summed E-state index contributed by atoms with van der Waals surface area (Å²) in [5.74, 6) is 0.874. The molecule has 0 fully saturated rings. The van der Waals surface area contributed by atoms with Crippen molar-refractivity contribution < 1.29 is 9.26 Å². The van der Waals surface area contributed by atoms with Crippen LogP contribution in [0.25, 0.3) is 0 Å². The van der Waals surface area contributed by atoms with Crippen molar-refractivity contribution in [1.29, 1.82) is 0 Å². The molecule has 2 N–H and O–H groups in total. The lowest BCUT2D eigenvalue weighted by atomic mass is 10.1. The highest BCUT2D eigenvalue weighted by Crippen LogP contribution is 2.14. The first kappa shape index (κ1) is 15.1. The van der Waals surface area contributed by atoms with Crippen LogP contribution < -0.4 is 5.73 Å². The molecule has 0 aliphatic carbocycles. The lowest BCUT2D eigenvalue weighted by Crippen LogP contribution is -2.36. The molecule has 0 aliphatic rings. The first-order valence-electron chi connectivity index (χ1n) is 6.62. The maximum Gasteiger partial charge on any atom is 0.151 e. The highest BCUT2D eigenvalue weighted by atomic mass is 16.5. The van der Waals surface area contributed by atoms with Gasteiger partial charge in [0.15, 0.2) is 5.76 Å². The molecule has 0 spiro atoms. The molecule has 1 aromatic rings. The fourth-order valence-corrected chi connectivity index (χ4v) is 2.13. The van der Waals surface area contributed by atoms with E-state index in [2.05, 4.69) is 23.9 Å². The number of aromatic nitrogens is 1. The number of ether oxygens (including phenoxy) is 1. The maximum atomic E-state index is 5.53. The summed E-state index contributed by atoms with van der Waals surface area (Å²) < 4.78 is 10.5.